The molecule has 1 aliphatic rings. The second kappa shape index (κ2) is 4.07. The van der Waals surface area contributed by atoms with E-state index in [1.807, 2.05) is 6.07 Å². The minimum Gasteiger partial charge on any atom is -0.384 e. The molecule has 0 unspecified atom stereocenters. The highest BCUT2D eigenvalue weighted by atomic mass is 35.5. The Hall–Kier alpha value is -2.06. The summed E-state index contributed by atoms with van der Waals surface area (Å²) in [4.78, 5) is 12.8. The van der Waals surface area contributed by atoms with E-state index in [9.17, 15) is 9.18 Å². The van der Waals surface area contributed by atoms with Crippen LogP contribution in [0.5, 0.6) is 0 Å². The number of amides is 1. The first-order valence-electron chi connectivity index (χ1n) is 4.71. The molecule has 0 saturated heterocycles. The molecular weight excluding hydrogens is 245 g/mol. The molecule has 0 aromatic heterocycles. The van der Waals surface area contributed by atoms with Gasteiger partial charge in [0.15, 0.2) is 0 Å². The molecule has 0 fully saturated rings. The predicted molar refractivity (Wildman–Crippen MR) is 60.3 cm³/mol. The summed E-state index contributed by atoms with van der Waals surface area (Å²) >= 11 is 5.62. The van der Waals surface area contributed by atoms with Crippen LogP contribution < -0.4 is 10.6 Å². The number of carbonyl (C=O) groups is 1. The molecule has 17 heavy (non-hydrogen) atoms. The molecule has 1 aromatic carbocycles. The molecule has 6 heteroatoms. The maximum atomic E-state index is 13.0. The van der Waals surface area contributed by atoms with Crippen LogP contribution in [-0.2, 0) is 4.79 Å². The minimum atomic E-state index is -0.579. The van der Waals surface area contributed by atoms with Crippen LogP contribution >= 0.6 is 11.6 Å². The second-order valence-electron chi connectivity index (χ2n) is 3.48. The Bertz CT molecular complexity index is 577. The molecule has 0 bridgehead atoms. The van der Waals surface area contributed by atoms with Crippen molar-refractivity contribution < 1.29 is 9.18 Å². The number of halogens is 2. The smallest absolute Gasteiger partial charge is 0.237 e. The van der Waals surface area contributed by atoms with Crippen molar-refractivity contribution in [1.29, 1.82) is 5.26 Å². The van der Waals surface area contributed by atoms with Crippen molar-refractivity contribution in [3.63, 3.8) is 0 Å². The van der Waals surface area contributed by atoms with Crippen LogP contribution in [0.1, 0.15) is 6.42 Å². The van der Waals surface area contributed by atoms with Gasteiger partial charge in [-0.3, -0.25) is 9.69 Å². The van der Waals surface area contributed by atoms with Gasteiger partial charge >= 0.3 is 0 Å². The number of carbonyl (C=O) groups excluding carboxylic acids is 1. The zero-order chi connectivity index (χ0) is 12.6. The summed E-state index contributed by atoms with van der Waals surface area (Å²) in [6.45, 7) is 0. The van der Waals surface area contributed by atoms with Crippen molar-refractivity contribution in [3.05, 3.63) is 40.4 Å². The Morgan fingerprint density at radius 3 is 2.76 bits per heavy atom. The summed E-state index contributed by atoms with van der Waals surface area (Å²) in [5.41, 5.74) is 6.22. The number of nitrogens with two attached hydrogens (primary N) is 1. The topological polar surface area (TPSA) is 70.1 Å². The normalized spacial score (nSPS) is 15.4. The molecule has 0 radical (unpaired) electrons. The van der Waals surface area contributed by atoms with Gasteiger partial charge in [0.1, 0.15) is 11.6 Å². The molecule has 1 aromatic rings. The maximum Gasteiger partial charge on any atom is 0.237 e. The summed E-state index contributed by atoms with van der Waals surface area (Å²) in [6.07, 6.45) is -0.0443. The van der Waals surface area contributed by atoms with Crippen molar-refractivity contribution >= 4 is 23.2 Å². The number of anilines is 1. The van der Waals surface area contributed by atoms with Crippen LogP contribution in [0.25, 0.3) is 0 Å². The van der Waals surface area contributed by atoms with Gasteiger partial charge in [0.25, 0.3) is 0 Å². The predicted octanol–water partition coefficient (Wildman–Crippen LogP) is 1.91. The fourth-order valence-electron chi connectivity index (χ4n) is 1.59. The number of rotatable bonds is 1. The fourth-order valence-corrected chi connectivity index (χ4v) is 1.77. The Morgan fingerprint density at radius 2 is 2.24 bits per heavy atom. The molecule has 0 spiro atoms. The molecule has 1 aliphatic heterocycles. The standard InChI is InChI=1S/C11H7ClFN3O/c12-8-4-7(1-2-9(8)13)16-10(17)3-6(5-14)11(16)15/h1-2,4H,3,15H2. The molecule has 0 aliphatic carbocycles. The Morgan fingerprint density at radius 1 is 1.53 bits per heavy atom. The Kier molecular flexibility index (Phi) is 2.74. The zero-order valence-electron chi connectivity index (χ0n) is 8.58. The van der Waals surface area contributed by atoms with Crippen LogP contribution in [0.2, 0.25) is 5.02 Å². The largest absolute Gasteiger partial charge is 0.384 e. The quantitative estimate of drug-likeness (QED) is 0.829. The summed E-state index contributed by atoms with van der Waals surface area (Å²) in [5, 5.41) is 8.66. The van der Waals surface area contributed by atoms with Gasteiger partial charge in [-0.2, -0.15) is 5.26 Å². The van der Waals surface area contributed by atoms with E-state index in [0.717, 1.165) is 11.0 Å². The van der Waals surface area contributed by atoms with E-state index < -0.39 is 5.82 Å². The van der Waals surface area contributed by atoms with Gasteiger partial charge in [0.2, 0.25) is 5.91 Å². The third kappa shape index (κ3) is 1.83. The number of hydrogen-bond donors (Lipinski definition) is 1. The van der Waals surface area contributed by atoms with Gasteiger partial charge in [0.05, 0.1) is 28.8 Å². The fraction of sp³-hybridized carbons (Fsp3) is 0.0909. The van der Waals surface area contributed by atoms with E-state index in [0.29, 0.717) is 5.69 Å². The highest BCUT2D eigenvalue weighted by molar-refractivity contribution is 6.31. The number of benzene rings is 1. The van der Waals surface area contributed by atoms with E-state index in [-0.39, 0.29) is 28.7 Å². The minimum absolute atomic E-state index is 0.0443. The van der Waals surface area contributed by atoms with E-state index in [4.69, 9.17) is 22.6 Å². The van der Waals surface area contributed by atoms with Crippen molar-refractivity contribution in [2.75, 3.05) is 4.90 Å². The third-order valence-corrected chi connectivity index (χ3v) is 2.71. The maximum absolute atomic E-state index is 13.0. The molecule has 0 atom stereocenters. The van der Waals surface area contributed by atoms with Crippen LogP contribution in [-0.4, -0.2) is 5.91 Å². The number of hydrogen-bond acceptors (Lipinski definition) is 3. The lowest BCUT2D eigenvalue weighted by Gasteiger charge is -2.17. The van der Waals surface area contributed by atoms with Crippen molar-refractivity contribution in [2.24, 2.45) is 5.73 Å². The summed E-state index contributed by atoms with van der Waals surface area (Å²) in [7, 11) is 0. The lowest BCUT2D eigenvalue weighted by atomic mass is 10.2. The SMILES string of the molecule is N#CC1=C(N)N(c2ccc(F)c(Cl)c2)C(=O)C1. The van der Waals surface area contributed by atoms with Gasteiger partial charge in [-0.25, -0.2) is 4.39 Å². The summed E-state index contributed by atoms with van der Waals surface area (Å²) in [5.74, 6) is -0.841. The van der Waals surface area contributed by atoms with Gasteiger partial charge in [-0.05, 0) is 18.2 Å². The molecule has 2 N–H and O–H groups in total. The first kappa shape index (κ1) is 11.4. The van der Waals surface area contributed by atoms with Gasteiger partial charge in [-0.1, -0.05) is 11.6 Å². The van der Waals surface area contributed by atoms with Crippen molar-refractivity contribution in [3.8, 4) is 6.07 Å². The first-order chi connectivity index (χ1) is 8.04. The lowest BCUT2D eigenvalue weighted by Crippen LogP contribution is -2.28. The molecule has 1 heterocycles. The average Bonchev–Trinajstić information content (AvgIpc) is 2.58. The van der Waals surface area contributed by atoms with Gasteiger partial charge in [0, 0.05) is 0 Å². The average molecular weight is 252 g/mol. The highest BCUT2D eigenvalue weighted by Crippen LogP contribution is 2.29. The van der Waals surface area contributed by atoms with Gasteiger partial charge in [-0.15, -0.1) is 0 Å². The van der Waals surface area contributed by atoms with E-state index in [1.54, 1.807) is 0 Å². The highest BCUT2D eigenvalue weighted by Gasteiger charge is 2.29. The number of nitriles is 1. The Balaban J connectivity index is 2.47. The second-order valence-corrected chi connectivity index (χ2v) is 3.89. The van der Waals surface area contributed by atoms with Crippen molar-refractivity contribution in [2.45, 2.75) is 6.42 Å². The van der Waals surface area contributed by atoms with E-state index in [2.05, 4.69) is 0 Å². The van der Waals surface area contributed by atoms with Crippen LogP contribution in [0.4, 0.5) is 10.1 Å². The third-order valence-electron chi connectivity index (χ3n) is 2.42. The van der Waals surface area contributed by atoms with Crippen molar-refractivity contribution in [1.82, 2.24) is 0 Å². The van der Waals surface area contributed by atoms with Crippen LogP contribution in [0.3, 0.4) is 0 Å². The zero-order valence-corrected chi connectivity index (χ0v) is 9.33. The Labute approximate surface area is 102 Å². The first-order valence-corrected chi connectivity index (χ1v) is 5.09. The van der Waals surface area contributed by atoms with Crippen LogP contribution in [0.15, 0.2) is 29.6 Å². The van der Waals surface area contributed by atoms with Gasteiger partial charge < -0.3 is 5.73 Å². The summed E-state index contributed by atoms with van der Waals surface area (Å²) in [6, 6.07) is 5.67. The lowest BCUT2D eigenvalue weighted by molar-refractivity contribution is -0.116. The molecular formula is C11H7ClFN3O. The monoisotopic (exact) mass is 251 g/mol. The molecule has 2 rings (SSSR count). The van der Waals surface area contributed by atoms with E-state index >= 15 is 0 Å². The van der Waals surface area contributed by atoms with Crippen LogP contribution in [0, 0.1) is 17.1 Å². The number of nitrogens with zero attached hydrogens (tertiary/aromatic N) is 2. The molecule has 86 valence electrons. The molecule has 1 amide bonds. The molecule has 0 saturated carbocycles. The summed E-state index contributed by atoms with van der Waals surface area (Å²) < 4.78 is 13.0. The van der Waals surface area contributed by atoms with E-state index in [1.165, 1.54) is 12.1 Å². The molecule has 4 nitrogen and oxygen atoms in total.